The first-order valence-electron chi connectivity index (χ1n) is 10.1. The maximum Gasteiger partial charge on any atom is 0.492 e. The normalized spacial score (nSPS) is 17.3. The summed E-state index contributed by atoms with van der Waals surface area (Å²) in [4.78, 5) is 12.2. The molecule has 9 heteroatoms. The Labute approximate surface area is 185 Å². The van der Waals surface area contributed by atoms with E-state index in [1.165, 1.54) is 6.08 Å². The second-order valence-electron chi connectivity index (χ2n) is 8.49. The van der Waals surface area contributed by atoms with E-state index in [1.54, 1.807) is 0 Å². The summed E-state index contributed by atoms with van der Waals surface area (Å²) in [6.07, 6.45) is 0.569. The molecule has 0 unspecified atom stereocenters. The molecule has 1 amide bonds. The summed E-state index contributed by atoms with van der Waals surface area (Å²) in [6, 6.07) is 11.1. The molecule has 0 bridgehead atoms. The van der Waals surface area contributed by atoms with Crippen molar-refractivity contribution in [3.63, 3.8) is 0 Å². The molecule has 0 aliphatic carbocycles. The van der Waals surface area contributed by atoms with E-state index in [0.29, 0.717) is 5.47 Å². The van der Waals surface area contributed by atoms with E-state index in [0.717, 1.165) is 17.7 Å². The van der Waals surface area contributed by atoms with Gasteiger partial charge in [-0.25, -0.2) is 18.0 Å². The fraction of sp³-hybridized carbons (Fsp3) is 0.348. The SMILES string of the molecule is CC1(C)OB(C(=Cc2ccc(F)c(F)c2F)CNC(=O)OCc2ccccc2)OC1(C)C. The van der Waals surface area contributed by atoms with E-state index in [1.807, 2.05) is 58.0 Å². The summed E-state index contributed by atoms with van der Waals surface area (Å²) in [5, 5.41) is 2.57. The molecular weight excluding hydrogens is 422 g/mol. The van der Waals surface area contributed by atoms with Crippen LogP contribution in [0, 0.1) is 17.5 Å². The maximum absolute atomic E-state index is 14.3. The van der Waals surface area contributed by atoms with Crippen LogP contribution in [0.2, 0.25) is 0 Å². The van der Waals surface area contributed by atoms with Gasteiger partial charge in [-0.15, -0.1) is 0 Å². The lowest BCUT2D eigenvalue weighted by Crippen LogP contribution is -2.41. The van der Waals surface area contributed by atoms with Crippen molar-refractivity contribution in [2.45, 2.75) is 45.5 Å². The van der Waals surface area contributed by atoms with Crippen LogP contribution in [0.4, 0.5) is 18.0 Å². The highest BCUT2D eigenvalue weighted by Gasteiger charge is 2.52. The first-order valence-corrected chi connectivity index (χ1v) is 10.1. The van der Waals surface area contributed by atoms with Gasteiger partial charge in [-0.3, -0.25) is 0 Å². The van der Waals surface area contributed by atoms with Crippen molar-refractivity contribution < 1.29 is 32.0 Å². The van der Waals surface area contributed by atoms with Gasteiger partial charge in [0.1, 0.15) is 6.61 Å². The third kappa shape index (κ3) is 5.34. The molecular formula is C23H25BF3NO4. The van der Waals surface area contributed by atoms with Gasteiger partial charge >= 0.3 is 13.2 Å². The Balaban J connectivity index is 1.78. The van der Waals surface area contributed by atoms with Gasteiger partial charge in [0.25, 0.3) is 0 Å². The van der Waals surface area contributed by atoms with Crippen LogP contribution in [0.1, 0.15) is 38.8 Å². The number of halogens is 3. The zero-order valence-corrected chi connectivity index (χ0v) is 18.4. The predicted octanol–water partition coefficient (Wildman–Crippen LogP) is 5.05. The summed E-state index contributed by atoms with van der Waals surface area (Å²) in [5.41, 5.74) is -0.472. The number of nitrogens with one attached hydrogen (secondary N) is 1. The van der Waals surface area contributed by atoms with Crippen LogP contribution >= 0.6 is 0 Å². The molecule has 1 heterocycles. The largest absolute Gasteiger partial charge is 0.492 e. The van der Waals surface area contributed by atoms with Gasteiger partial charge in [0.2, 0.25) is 0 Å². The Bertz CT molecular complexity index is 996. The number of rotatable bonds is 6. The molecule has 1 N–H and O–H groups in total. The second kappa shape index (κ2) is 9.38. The highest BCUT2D eigenvalue weighted by molar-refractivity contribution is 6.56. The molecule has 3 rings (SSSR count). The van der Waals surface area contributed by atoms with Crippen LogP contribution in [0.3, 0.4) is 0 Å². The number of amides is 1. The first kappa shape index (κ1) is 23.9. The third-order valence-corrected chi connectivity index (χ3v) is 5.61. The number of carbonyl (C=O) groups is 1. The van der Waals surface area contributed by atoms with Crippen molar-refractivity contribution in [3.05, 3.63) is 76.5 Å². The molecule has 0 atom stereocenters. The smallest absolute Gasteiger partial charge is 0.445 e. The molecule has 1 aliphatic rings. The number of hydrogen-bond acceptors (Lipinski definition) is 4. The standard InChI is InChI=1S/C23H25BF3NO4/c1-22(2)23(3,4)32-24(31-22)17(12-16-10-11-18(25)20(27)19(16)26)13-28-21(29)30-14-15-8-6-5-7-9-15/h5-12H,13-14H2,1-4H3,(H,28,29). The monoisotopic (exact) mass is 447 g/mol. The summed E-state index contributed by atoms with van der Waals surface area (Å²) in [7, 11) is -0.943. The lowest BCUT2D eigenvalue weighted by Gasteiger charge is -2.32. The second-order valence-corrected chi connectivity index (χ2v) is 8.49. The minimum atomic E-state index is -1.58. The highest BCUT2D eigenvalue weighted by atomic mass is 19.2. The number of alkyl carbamates (subject to hydrolysis) is 1. The van der Waals surface area contributed by atoms with E-state index in [2.05, 4.69) is 5.32 Å². The maximum atomic E-state index is 14.3. The molecule has 1 fully saturated rings. The summed E-state index contributed by atoms with van der Waals surface area (Å²) in [6.45, 7) is 7.30. The molecule has 0 aromatic heterocycles. The van der Waals surface area contributed by atoms with E-state index >= 15 is 0 Å². The Morgan fingerprint density at radius 2 is 1.62 bits per heavy atom. The van der Waals surface area contributed by atoms with Crippen molar-refractivity contribution in [2.75, 3.05) is 6.54 Å². The van der Waals surface area contributed by atoms with Crippen LogP contribution in [-0.2, 0) is 20.7 Å². The molecule has 0 radical (unpaired) electrons. The Morgan fingerprint density at radius 3 is 2.25 bits per heavy atom. The average Bonchev–Trinajstić information content (AvgIpc) is 2.97. The predicted molar refractivity (Wildman–Crippen MR) is 115 cm³/mol. The van der Waals surface area contributed by atoms with Crippen LogP contribution in [-0.4, -0.2) is 31.0 Å². The minimum Gasteiger partial charge on any atom is -0.445 e. The zero-order chi connectivity index (χ0) is 23.5. The van der Waals surface area contributed by atoms with Crippen molar-refractivity contribution in [3.8, 4) is 0 Å². The van der Waals surface area contributed by atoms with E-state index in [9.17, 15) is 18.0 Å². The van der Waals surface area contributed by atoms with Gasteiger partial charge in [0.15, 0.2) is 17.5 Å². The molecule has 170 valence electrons. The van der Waals surface area contributed by atoms with E-state index in [-0.39, 0.29) is 18.7 Å². The van der Waals surface area contributed by atoms with Crippen LogP contribution in [0.5, 0.6) is 0 Å². The van der Waals surface area contributed by atoms with Gasteiger partial charge in [-0.2, -0.15) is 0 Å². The quantitative estimate of drug-likeness (QED) is 0.498. The van der Waals surface area contributed by atoms with Gasteiger partial charge in [0.05, 0.1) is 11.2 Å². The van der Waals surface area contributed by atoms with Crippen LogP contribution < -0.4 is 5.32 Å². The van der Waals surface area contributed by atoms with Crippen LogP contribution in [0.25, 0.3) is 6.08 Å². The molecule has 0 spiro atoms. The third-order valence-electron chi connectivity index (χ3n) is 5.61. The van der Waals surface area contributed by atoms with Crippen LogP contribution in [0.15, 0.2) is 47.9 Å². The number of benzene rings is 2. The summed E-state index contributed by atoms with van der Waals surface area (Å²) in [5.74, 6) is -4.22. The highest BCUT2D eigenvalue weighted by Crippen LogP contribution is 2.38. The number of hydrogen-bond donors (Lipinski definition) is 1. The Morgan fingerprint density at radius 1 is 1.00 bits per heavy atom. The molecule has 5 nitrogen and oxygen atoms in total. The Hall–Kier alpha value is -2.78. The average molecular weight is 447 g/mol. The van der Waals surface area contributed by atoms with E-state index < -0.39 is 41.9 Å². The van der Waals surface area contributed by atoms with Crippen molar-refractivity contribution in [1.82, 2.24) is 5.32 Å². The van der Waals surface area contributed by atoms with Crippen molar-refractivity contribution >= 4 is 19.3 Å². The zero-order valence-electron chi connectivity index (χ0n) is 18.4. The molecule has 2 aromatic rings. The summed E-state index contributed by atoms with van der Waals surface area (Å²) >= 11 is 0. The lowest BCUT2D eigenvalue weighted by molar-refractivity contribution is 0.00578. The number of carbonyl (C=O) groups excluding carboxylic acids is 1. The van der Waals surface area contributed by atoms with Gasteiger partial charge in [0, 0.05) is 12.1 Å². The Kier molecular flexibility index (Phi) is 7.00. The van der Waals surface area contributed by atoms with Gasteiger partial charge < -0.3 is 19.4 Å². The summed E-state index contributed by atoms with van der Waals surface area (Å²) < 4.78 is 58.4. The minimum absolute atomic E-state index is 0.0695. The van der Waals surface area contributed by atoms with E-state index in [4.69, 9.17) is 14.0 Å². The molecule has 2 aromatic carbocycles. The topological polar surface area (TPSA) is 56.8 Å². The molecule has 1 aliphatic heterocycles. The van der Waals surface area contributed by atoms with Crippen molar-refractivity contribution in [1.29, 1.82) is 0 Å². The lowest BCUT2D eigenvalue weighted by atomic mass is 9.77. The molecule has 32 heavy (non-hydrogen) atoms. The fourth-order valence-corrected chi connectivity index (χ4v) is 3.00. The van der Waals surface area contributed by atoms with Gasteiger partial charge in [-0.1, -0.05) is 36.4 Å². The fourth-order valence-electron chi connectivity index (χ4n) is 3.00. The first-order chi connectivity index (χ1) is 15.0. The number of ether oxygens (including phenoxy) is 1. The molecule has 1 saturated heterocycles. The molecule has 0 saturated carbocycles. The van der Waals surface area contributed by atoms with Crippen molar-refractivity contribution in [2.24, 2.45) is 0 Å². The van der Waals surface area contributed by atoms with Gasteiger partial charge in [-0.05, 0) is 50.9 Å².